The Morgan fingerprint density at radius 2 is 1.92 bits per heavy atom. The van der Waals surface area contributed by atoms with Crippen molar-refractivity contribution in [2.24, 2.45) is 0 Å². The molecule has 39 heavy (non-hydrogen) atoms. The number of hydrogen-bond acceptors (Lipinski definition) is 9. The van der Waals surface area contributed by atoms with Gasteiger partial charge in [-0.1, -0.05) is 32.1 Å². The van der Waals surface area contributed by atoms with Gasteiger partial charge in [-0.25, -0.2) is 0 Å². The molecule has 5 rings (SSSR count). The van der Waals surface area contributed by atoms with Crippen LogP contribution in [0.4, 0.5) is 17.6 Å². The van der Waals surface area contributed by atoms with Crippen LogP contribution in [0.1, 0.15) is 43.7 Å². The SMILES string of the molecule is CC(C)c1cnn2c(NCc3cccc(NC(=O)C=CCN4CCOCC4)c3)nc(NC3CCOCC3)nc12. The molecule has 11 nitrogen and oxygen atoms in total. The Kier molecular flexibility index (Phi) is 9.02. The number of anilines is 3. The van der Waals surface area contributed by atoms with Gasteiger partial charge in [-0.2, -0.15) is 19.6 Å². The second-order valence-corrected chi connectivity index (χ2v) is 10.3. The monoisotopic (exact) mass is 534 g/mol. The molecular weight excluding hydrogens is 496 g/mol. The average Bonchev–Trinajstić information content (AvgIpc) is 3.38. The largest absolute Gasteiger partial charge is 0.381 e. The highest BCUT2D eigenvalue weighted by molar-refractivity contribution is 5.99. The molecule has 1 aromatic carbocycles. The molecule has 0 aliphatic carbocycles. The topological polar surface area (TPSA) is 118 Å². The van der Waals surface area contributed by atoms with Crippen molar-refractivity contribution in [1.82, 2.24) is 24.5 Å². The van der Waals surface area contributed by atoms with Gasteiger partial charge in [0.25, 0.3) is 0 Å². The zero-order chi connectivity index (χ0) is 27.0. The summed E-state index contributed by atoms with van der Waals surface area (Å²) in [4.78, 5) is 24.3. The van der Waals surface area contributed by atoms with Gasteiger partial charge in [-0.15, -0.1) is 0 Å². The maximum absolute atomic E-state index is 12.4. The molecule has 0 radical (unpaired) electrons. The minimum absolute atomic E-state index is 0.146. The first-order valence-electron chi connectivity index (χ1n) is 13.8. The summed E-state index contributed by atoms with van der Waals surface area (Å²) in [6, 6.07) is 8.07. The third-order valence-electron chi connectivity index (χ3n) is 6.95. The van der Waals surface area contributed by atoms with Crippen LogP contribution in [0.2, 0.25) is 0 Å². The van der Waals surface area contributed by atoms with E-state index < -0.39 is 0 Å². The first-order chi connectivity index (χ1) is 19.0. The third-order valence-corrected chi connectivity index (χ3v) is 6.95. The van der Waals surface area contributed by atoms with Crippen LogP contribution in [0, 0.1) is 0 Å². The van der Waals surface area contributed by atoms with Crippen LogP contribution in [0.25, 0.3) is 5.65 Å². The van der Waals surface area contributed by atoms with Crippen molar-refractivity contribution in [3.63, 3.8) is 0 Å². The Labute approximate surface area is 229 Å². The first kappa shape index (κ1) is 27.0. The molecule has 11 heteroatoms. The predicted octanol–water partition coefficient (Wildman–Crippen LogP) is 3.28. The lowest BCUT2D eigenvalue weighted by atomic mass is 10.1. The number of ether oxygens (including phenoxy) is 2. The van der Waals surface area contributed by atoms with Crippen LogP contribution >= 0.6 is 0 Å². The summed E-state index contributed by atoms with van der Waals surface area (Å²) in [5.74, 6) is 1.34. The fraction of sp³-hybridized carbons (Fsp3) is 0.500. The molecule has 2 aliphatic rings. The minimum Gasteiger partial charge on any atom is -0.381 e. The van der Waals surface area contributed by atoms with Crippen LogP contribution in [0.5, 0.6) is 0 Å². The van der Waals surface area contributed by atoms with E-state index in [1.165, 1.54) is 0 Å². The van der Waals surface area contributed by atoms with Gasteiger partial charge in [0.2, 0.25) is 17.8 Å². The van der Waals surface area contributed by atoms with E-state index in [0.717, 1.165) is 81.4 Å². The van der Waals surface area contributed by atoms with E-state index in [-0.39, 0.29) is 17.9 Å². The van der Waals surface area contributed by atoms with Gasteiger partial charge in [0.05, 0.1) is 19.4 Å². The number of rotatable bonds is 10. The van der Waals surface area contributed by atoms with E-state index in [4.69, 9.17) is 19.4 Å². The lowest BCUT2D eigenvalue weighted by molar-refractivity contribution is -0.111. The zero-order valence-electron chi connectivity index (χ0n) is 22.7. The van der Waals surface area contributed by atoms with Gasteiger partial charge in [-0.3, -0.25) is 9.69 Å². The lowest BCUT2D eigenvalue weighted by Gasteiger charge is -2.25. The maximum atomic E-state index is 12.4. The Morgan fingerprint density at radius 1 is 1.13 bits per heavy atom. The third kappa shape index (κ3) is 7.31. The van der Waals surface area contributed by atoms with Crippen molar-refractivity contribution >= 4 is 29.1 Å². The number of nitrogens with zero attached hydrogens (tertiary/aromatic N) is 5. The Hall–Kier alpha value is -3.54. The Balaban J connectivity index is 1.25. The average molecular weight is 535 g/mol. The summed E-state index contributed by atoms with van der Waals surface area (Å²) in [5.41, 5.74) is 3.61. The molecule has 2 aliphatic heterocycles. The number of carbonyl (C=O) groups excluding carboxylic acids is 1. The van der Waals surface area contributed by atoms with Gasteiger partial charge < -0.3 is 25.4 Å². The van der Waals surface area contributed by atoms with E-state index in [0.29, 0.717) is 18.4 Å². The summed E-state index contributed by atoms with van der Waals surface area (Å²) in [5, 5.41) is 14.4. The van der Waals surface area contributed by atoms with Crippen molar-refractivity contribution < 1.29 is 14.3 Å². The fourth-order valence-electron chi connectivity index (χ4n) is 4.72. The van der Waals surface area contributed by atoms with E-state index >= 15 is 0 Å². The van der Waals surface area contributed by atoms with Crippen molar-refractivity contribution in [1.29, 1.82) is 0 Å². The van der Waals surface area contributed by atoms with E-state index in [1.54, 1.807) is 10.6 Å². The molecule has 3 N–H and O–H groups in total. The van der Waals surface area contributed by atoms with E-state index in [9.17, 15) is 4.79 Å². The standard InChI is InChI=1S/C28H38N8O3/c1-20(2)24-19-30-36-26(24)33-27(32-22-8-13-38-14-9-22)34-28(36)29-18-21-5-3-6-23(17-21)31-25(37)7-4-10-35-11-15-39-16-12-35/h3-7,17,19-20,22H,8-16,18H2,1-2H3,(H,31,37)(H2,29,32,33,34). The van der Waals surface area contributed by atoms with E-state index in [2.05, 4.69) is 39.8 Å². The van der Waals surface area contributed by atoms with Gasteiger partial charge in [0, 0.05) is 62.8 Å². The molecule has 4 heterocycles. The fourth-order valence-corrected chi connectivity index (χ4v) is 4.72. The molecule has 0 saturated carbocycles. The summed E-state index contributed by atoms with van der Waals surface area (Å²) in [6.45, 7) is 10.3. The van der Waals surface area contributed by atoms with Crippen molar-refractivity contribution in [3.05, 3.63) is 53.7 Å². The molecule has 0 atom stereocenters. The molecule has 2 aromatic heterocycles. The Morgan fingerprint density at radius 3 is 2.72 bits per heavy atom. The second kappa shape index (κ2) is 13.0. The molecule has 0 unspecified atom stereocenters. The number of carbonyl (C=O) groups is 1. The van der Waals surface area contributed by atoms with Crippen LogP contribution in [0.3, 0.4) is 0 Å². The number of aromatic nitrogens is 4. The summed E-state index contributed by atoms with van der Waals surface area (Å²) in [7, 11) is 0. The number of fused-ring (bicyclic) bond motifs is 1. The number of amides is 1. The van der Waals surface area contributed by atoms with Crippen LogP contribution < -0.4 is 16.0 Å². The van der Waals surface area contributed by atoms with Crippen molar-refractivity contribution in [2.75, 3.05) is 62.0 Å². The van der Waals surface area contributed by atoms with Gasteiger partial charge in [-0.05, 0) is 36.5 Å². The Bertz CT molecular complexity index is 1280. The van der Waals surface area contributed by atoms with E-state index in [1.807, 2.05) is 36.5 Å². The second-order valence-electron chi connectivity index (χ2n) is 10.3. The molecule has 3 aromatic rings. The molecule has 0 spiro atoms. The summed E-state index contributed by atoms with van der Waals surface area (Å²) >= 11 is 0. The lowest BCUT2D eigenvalue weighted by Crippen LogP contribution is -2.36. The molecule has 2 saturated heterocycles. The quantitative estimate of drug-likeness (QED) is 0.337. The van der Waals surface area contributed by atoms with Crippen molar-refractivity contribution in [3.8, 4) is 0 Å². The highest BCUT2D eigenvalue weighted by atomic mass is 16.5. The summed E-state index contributed by atoms with van der Waals surface area (Å²) in [6.07, 6.45) is 7.20. The number of hydrogen-bond donors (Lipinski definition) is 3. The van der Waals surface area contributed by atoms with Crippen LogP contribution in [0.15, 0.2) is 42.6 Å². The maximum Gasteiger partial charge on any atom is 0.248 e. The number of benzene rings is 1. The molecular formula is C28H38N8O3. The van der Waals surface area contributed by atoms with Crippen LogP contribution in [-0.4, -0.2) is 82.5 Å². The smallest absolute Gasteiger partial charge is 0.248 e. The van der Waals surface area contributed by atoms with Gasteiger partial charge in [0.15, 0.2) is 5.65 Å². The van der Waals surface area contributed by atoms with Gasteiger partial charge in [0.1, 0.15) is 0 Å². The van der Waals surface area contributed by atoms with Crippen molar-refractivity contribution in [2.45, 2.75) is 45.2 Å². The van der Waals surface area contributed by atoms with Gasteiger partial charge >= 0.3 is 0 Å². The molecule has 2 fully saturated rings. The summed E-state index contributed by atoms with van der Waals surface area (Å²) < 4.78 is 12.6. The first-order valence-corrected chi connectivity index (χ1v) is 13.8. The highest BCUT2D eigenvalue weighted by Crippen LogP contribution is 2.23. The van der Waals surface area contributed by atoms with Crippen LogP contribution in [-0.2, 0) is 20.8 Å². The molecule has 0 bridgehead atoms. The number of morpholine rings is 1. The molecule has 1 amide bonds. The number of nitrogens with one attached hydrogen (secondary N) is 3. The highest BCUT2D eigenvalue weighted by Gasteiger charge is 2.19. The minimum atomic E-state index is -0.146. The molecule has 208 valence electrons. The zero-order valence-corrected chi connectivity index (χ0v) is 22.7. The normalized spacial score (nSPS) is 17.2. The predicted molar refractivity (Wildman–Crippen MR) is 151 cm³/mol.